The van der Waals surface area contributed by atoms with Crippen LogP contribution in [0, 0.1) is 0 Å². The Morgan fingerprint density at radius 3 is 2.86 bits per heavy atom. The normalized spacial score (nSPS) is 25.0. The lowest BCUT2D eigenvalue weighted by Crippen LogP contribution is -2.21. The molecule has 0 spiro atoms. The molecule has 14 heavy (non-hydrogen) atoms. The van der Waals surface area contributed by atoms with Gasteiger partial charge in [-0.1, -0.05) is 12.1 Å². The predicted molar refractivity (Wildman–Crippen MR) is 55.3 cm³/mol. The highest BCUT2D eigenvalue weighted by Gasteiger charge is 2.30. The van der Waals surface area contributed by atoms with Crippen molar-refractivity contribution >= 4 is 0 Å². The molecule has 1 unspecified atom stereocenters. The summed E-state index contributed by atoms with van der Waals surface area (Å²) in [7, 11) is 0. The van der Waals surface area contributed by atoms with Gasteiger partial charge in [0.15, 0.2) is 0 Å². The summed E-state index contributed by atoms with van der Waals surface area (Å²) in [5, 5.41) is 13.4. The lowest BCUT2D eigenvalue weighted by Gasteiger charge is -2.14. The van der Waals surface area contributed by atoms with E-state index in [2.05, 4.69) is 11.4 Å². The summed E-state index contributed by atoms with van der Waals surface area (Å²) >= 11 is 0. The zero-order valence-corrected chi connectivity index (χ0v) is 8.16. The van der Waals surface area contributed by atoms with Crippen LogP contribution < -0.4 is 5.32 Å². The van der Waals surface area contributed by atoms with Crippen molar-refractivity contribution in [1.82, 2.24) is 5.32 Å². The van der Waals surface area contributed by atoms with Gasteiger partial charge in [0, 0.05) is 17.6 Å². The second-order valence-electron chi connectivity index (χ2n) is 4.38. The van der Waals surface area contributed by atoms with Gasteiger partial charge in [-0.3, -0.25) is 0 Å². The van der Waals surface area contributed by atoms with Gasteiger partial charge in [0.05, 0.1) is 0 Å². The zero-order chi connectivity index (χ0) is 9.54. The molecule has 2 aliphatic rings. The number of phenolic OH excluding ortho intramolecular Hbond substituents is 1. The third kappa shape index (κ3) is 1.30. The molecule has 1 fully saturated rings. The van der Waals surface area contributed by atoms with Crippen molar-refractivity contribution in [2.45, 2.75) is 37.8 Å². The largest absolute Gasteiger partial charge is 0.508 e. The Morgan fingerprint density at radius 1 is 1.21 bits per heavy atom. The summed E-state index contributed by atoms with van der Waals surface area (Å²) in [4.78, 5) is 0. The Hall–Kier alpha value is -1.02. The number of aryl methyl sites for hydroxylation is 1. The van der Waals surface area contributed by atoms with Gasteiger partial charge in [0.1, 0.15) is 5.75 Å². The monoisotopic (exact) mass is 189 g/mol. The van der Waals surface area contributed by atoms with E-state index in [0.29, 0.717) is 17.8 Å². The fraction of sp³-hybridized carbons (Fsp3) is 0.500. The van der Waals surface area contributed by atoms with Crippen LogP contribution in [0.15, 0.2) is 18.2 Å². The maximum atomic E-state index is 9.80. The molecule has 1 aromatic carbocycles. The van der Waals surface area contributed by atoms with Crippen molar-refractivity contribution in [3.63, 3.8) is 0 Å². The van der Waals surface area contributed by atoms with Crippen molar-refractivity contribution in [1.29, 1.82) is 0 Å². The molecular weight excluding hydrogens is 174 g/mol. The van der Waals surface area contributed by atoms with E-state index in [0.717, 1.165) is 18.4 Å². The zero-order valence-electron chi connectivity index (χ0n) is 8.16. The number of phenols is 1. The molecule has 1 saturated carbocycles. The number of hydrogen-bond donors (Lipinski definition) is 2. The minimum absolute atomic E-state index is 0.402. The Morgan fingerprint density at radius 2 is 2.07 bits per heavy atom. The van der Waals surface area contributed by atoms with E-state index >= 15 is 0 Å². The molecule has 1 aromatic rings. The highest BCUT2D eigenvalue weighted by atomic mass is 16.3. The first kappa shape index (κ1) is 8.30. The molecule has 0 bridgehead atoms. The van der Waals surface area contributed by atoms with Crippen molar-refractivity contribution in [3.8, 4) is 5.75 Å². The van der Waals surface area contributed by atoms with Crippen LogP contribution in [0.1, 0.15) is 36.4 Å². The van der Waals surface area contributed by atoms with Crippen molar-refractivity contribution in [2.75, 3.05) is 0 Å². The minimum Gasteiger partial charge on any atom is -0.508 e. The summed E-state index contributed by atoms with van der Waals surface area (Å²) in [6, 6.07) is 6.98. The molecule has 2 nitrogen and oxygen atoms in total. The van der Waals surface area contributed by atoms with E-state index in [4.69, 9.17) is 0 Å². The molecule has 0 saturated heterocycles. The number of hydrogen-bond acceptors (Lipinski definition) is 2. The lowest BCUT2D eigenvalue weighted by molar-refractivity contribution is 0.448. The number of benzene rings is 1. The molecule has 1 atom stereocenters. The maximum Gasteiger partial charge on any atom is 0.120 e. The van der Waals surface area contributed by atoms with E-state index in [-0.39, 0.29) is 0 Å². The molecule has 0 aliphatic heterocycles. The molecule has 2 heteroatoms. The van der Waals surface area contributed by atoms with Crippen LogP contribution in [-0.2, 0) is 6.42 Å². The standard InChI is InChI=1S/C12H15NO/c14-11-3-1-2-8-4-7-10(12(8)11)13-9-5-6-9/h1-3,9-10,13-14H,4-7H2. The van der Waals surface area contributed by atoms with Crippen LogP contribution in [0.4, 0.5) is 0 Å². The first-order chi connectivity index (χ1) is 6.84. The van der Waals surface area contributed by atoms with E-state index in [1.54, 1.807) is 6.07 Å². The summed E-state index contributed by atoms with van der Waals surface area (Å²) in [5.41, 5.74) is 2.47. The lowest BCUT2D eigenvalue weighted by atomic mass is 10.1. The smallest absolute Gasteiger partial charge is 0.120 e. The van der Waals surface area contributed by atoms with Gasteiger partial charge in [0.2, 0.25) is 0 Å². The summed E-state index contributed by atoms with van der Waals surface area (Å²) in [5.74, 6) is 0.471. The van der Waals surface area contributed by atoms with Crippen molar-refractivity contribution < 1.29 is 5.11 Å². The number of fused-ring (bicyclic) bond motifs is 1. The van der Waals surface area contributed by atoms with Crippen LogP contribution in [0.2, 0.25) is 0 Å². The van der Waals surface area contributed by atoms with Crippen LogP contribution in [0.5, 0.6) is 5.75 Å². The molecule has 74 valence electrons. The van der Waals surface area contributed by atoms with Gasteiger partial charge in [-0.05, 0) is 37.3 Å². The van der Waals surface area contributed by atoms with Crippen LogP contribution in [0.3, 0.4) is 0 Å². The Labute approximate surface area is 84.0 Å². The SMILES string of the molecule is Oc1cccc2c1C(NC1CC1)CC2. The second-order valence-corrected chi connectivity index (χ2v) is 4.38. The van der Waals surface area contributed by atoms with Gasteiger partial charge in [-0.15, -0.1) is 0 Å². The van der Waals surface area contributed by atoms with E-state index < -0.39 is 0 Å². The van der Waals surface area contributed by atoms with E-state index in [9.17, 15) is 5.11 Å². The molecule has 2 aliphatic carbocycles. The third-order valence-corrected chi connectivity index (χ3v) is 3.24. The predicted octanol–water partition coefficient (Wildman–Crippen LogP) is 2.13. The fourth-order valence-corrected chi connectivity index (χ4v) is 2.37. The molecular formula is C12H15NO. The minimum atomic E-state index is 0.402. The van der Waals surface area contributed by atoms with Gasteiger partial charge < -0.3 is 10.4 Å². The topological polar surface area (TPSA) is 32.3 Å². The Kier molecular flexibility index (Phi) is 1.77. The van der Waals surface area contributed by atoms with Gasteiger partial charge in [-0.25, -0.2) is 0 Å². The fourth-order valence-electron chi connectivity index (χ4n) is 2.37. The molecule has 0 amide bonds. The highest BCUT2D eigenvalue weighted by molar-refractivity contribution is 5.44. The average Bonchev–Trinajstić information content (AvgIpc) is 2.88. The van der Waals surface area contributed by atoms with E-state index in [1.807, 2.05) is 6.07 Å². The highest BCUT2D eigenvalue weighted by Crippen LogP contribution is 2.39. The molecule has 3 rings (SSSR count). The maximum absolute atomic E-state index is 9.80. The molecule has 0 aromatic heterocycles. The Bertz CT molecular complexity index is 357. The first-order valence-electron chi connectivity index (χ1n) is 5.41. The number of nitrogens with one attached hydrogen (secondary N) is 1. The average molecular weight is 189 g/mol. The Balaban J connectivity index is 1.91. The molecule has 0 radical (unpaired) electrons. The third-order valence-electron chi connectivity index (χ3n) is 3.24. The van der Waals surface area contributed by atoms with Crippen LogP contribution in [-0.4, -0.2) is 11.1 Å². The van der Waals surface area contributed by atoms with Crippen LogP contribution in [0.25, 0.3) is 0 Å². The second kappa shape index (κ2) is 2.99. The number of rotatable bonds is 2. The van der Waals surface area contributed by atoms with Crippen molar-refractivity contribution in [3.05, 3.63) is 29.3 Å². The van der Waals surface area contributed by atoms with Gasteiger partial charge in [0.25, 0.3) is 0 Å². The summed E-state index contributed by atoms with van der Waals surface area (Å²) in [6.45, 7) is 0. The summed E-state index contributed by atoms with van der Waals surface area (Å²) < 4.78 is 0. The van der Waals surface area contributed by atoms with Crippen LogP contribution >= 0.6 is 0 Å². The quantitative estimate of drug-likeness (QED) is 0.747. The van der Waals surface area contributed by atoms with E-state index in [1.165, 1.54) is 18.4 Å². The molecule has 2 N–H and O–H groups in total. The first-order valence-corrected chi connectivity index (χ1v) is 5.41. The summed E-state index contributed by atoms with van der Waals surface area (Å²) in [6.07, 6.45) is 4.86. The number of aromatic hydroxyl groups is 1. The van der Waals surface area contributed by atoms with Gasteiger partial charge in [-0.2, -0.15) is 0 Å². The van der Waals surface area contributed by atoms with Gasteiger partial charge >= 0.3 is 0 Å². The molecule has 0 heterocycles. The van der Waals surface area contributed by atoms with Crippen molar-refractivity contribution in [2.24, 2.45) is 0 Å².